The first-order chi connectivity index (χ1) is 12.4. The van der Waals surface area contributed by atoms with Crippen LogP contribution in [-0.4, -0.2) is 38.4 Å². The highest BCUT2D eigenvalue weighted by molar-refractivity contribution is 8.23. The van der Waals surface area contributed by atoms with Crippen LogP contribution in [0.4, 0.5) is 0 Å². The van der Waals surface area contributed by atoms with Crippen molar-refractivity contribution in [3.63, 3.8) is 0 Å². The van der Waals surface area contributed by atoms with Gasteiger partial charge in [-0.3, -0.25) is 4.79 Å². The summed E-state index contributed by atoms with van der Waals surface area (Å²) in [6, 6.07) is 8.44. The fourth-order valence-electron chi connectivity index (χ4n) is 3.50. The van der Waals surface area contributed by atoms with Gasteiger partial charge in [-0.05, 0) is 69.9 Å². The minimum absolute atomic E-state index is 0.153. The number of carbonyl (C=O) groups excluding carboxylic acids is 1. The summed E-state index contributed by atoms with van der Waals surface area (Å²) in [5.41, 5.74) is 6.54. The maximum absolute atomic E-state index is 12.8. The Bertz CT molecular complexity index is 848. The quantitative estimate of drug-likeness (QED) is 0.545. The molecule has 1 fully saturated rings. The number of hydrogen-bond donors (Lipinski definition) is 0. The van der Waals surface area contributed by atoms with Crippen molar-refractivity contribution in [2.24, 2.45) is 0 Å². The number of thioether (sulfide) groups is 1. The molecule has 1 aliphatic rings. The Morgan fingerprint density at radius 2 is 1.77 bits per heavy atom. The first kappa shape index (κ1) is 19.2. The zero-order valence-electron chi connectivity index (χ0n) is 16.0. The topological polar surface area (TPSA) is 25.2 Å². The van der Waals surface area contributed by atoms with E-state index in [2.05, 4.69) is 48.4 Å². The lowest BCUT2D eigenvalue weighted by Gasteiger charge is -2.17. The number of benzene rings is 1. The van der Waals surface area contributed by atoms with Gasteiger partial charge < -0.3 is 9.47 Å². The van der Waals surface area contributed by atoms with Gasteiger partial charge in [0.15, 0.2) is 5.78 Å². The standard InChI is InChI=1S/C21H26N2OS2/c1-14-7-8-18(11-15(14)2)23-16(3)12-19(17(23)4)20(24)13-26-21(25)22-9-5-6-10-22/h7-8,11-12H,5-6,9-10,13H2,1-4H3. The van der Waals surface area contributed by atoms with Crippen molar-refractivity contribution < 1.29 is 4.79 Å². The maximum Gasteiger partial charge on any atom is 0.174 e. The maximum atomic E-state index is 12.8. The number of Topliss-reactive ketones (excluding diaryl/α,β-unsaturated/α-hetero) is 1. The number of likely N-dealkylation sites (tertiary alicyclic amines) is 1. The molecule has 3 nitrogen and oxygen atoms in total. The summed E-state index contributed by atoms with van der Waals surface area (Å²) in [6.45, 7) is 10.4. The molecule has 0 radical (unpaired) electrons. The second-order valence-corrected chi connectivity index (χ2v) is 8.67. The first-order valence-corrected chi connectivity index (χ1v) is 10.5. The molecular formula is C21H26N2OS2. The Hall–Kier alpha value is -1.59. The third-order valence-corrected chi connectivity index (χ3v) is 6.69. The highest BCUT2D eigenvalue weighted by Crippen LogP contribution is 2.24. The zero-order chi connectivity index (χ0) is 18.8. The Kier molecular flexibility index (Phi) is 5.88. The molecule has 1 saturated heterocycles. The molecule has 0 atom stereocenters. The van der Waals surface area contributed by atoms with Crippen LogP contribution in [0.25, 0.3) is 5.69 Å². The van der Waals surface area contributed by atoms with Gasteiger partial charge in [-0.2, -0.15) is 0 Å². The number of ketones is 1. The van der Waals surface area contributed by atoms with Gasteiger partial charge in [0.05, 0.1) is 5.75 Å². The van der Waals surface area contributed by atoms with Crippen LogP contribution < -0.4 is 0 Å². The van der Waals surface area contributed by atoms with Crippen LogP contribution in [0.15, 0.2) is 24.3 Å². The summed E-state index contributed by atoms with van der Waals surface area (Å²) in [5, 5.41) is 0. The molecule has 5 heteroatoms. The monoisotopic (exact) mass is 386 g/mol. The average Bonchev–Trinajstić information content (AvgIpc) is 3.24. The van der Waals surface area contributed by atoms with Crippen molar-refractivity contribution in [1.82, 2.24) is 9.47 Å². The molecule has 1 aliphatic heterocycles. The van der Waals surface area contributed by atoms with Crippen LogP contribution in [0.1, 0.15) is 45.7 Å². The van der Waals surface area contributed by atoms with E-state index in [4.69, 9.17) is 12.2 Å². The molecule has 1 aromatic carbocycles. The lowest BCUT2D eigenvalue weighted by atomic mass is 10.1. The zero-order valence-corrected chi connectivity index (χ0v) is 17.6. The predicted molar refractivity (Wildman–Crippen MR) is 115 cm³/mol. The summed E-state index contributed by atoms with van der Waals surface area (Å²) in [6.07, 6.45) is 2.40. The number of rotatable bonds is 4. The molecule has 138 valence electrons. The van der Waals surface area contributed by atoms with Crippen LogP contribution in [0.2, 0.25) is 0 Å². The lowest BCUT2D eigenvalue weighted by molar-refractivity contribution is 0.102. The van der Waals surface area contributed by atoms with Crippen molar-refractivity contribution in [2.75, 3.05) is 18.8 Å². The van der Waals surface area contributed by atoms with E-state index in [1.807, 2.05) is 13.0 Å². The van der Waals surface area contributed by atoms with E-state index >= 15 is 0 Å². The van der Waals surface area contributed by atoms with Gasteiger partial charge in [0.1, 0.15) is 4.32 Å². The molecule has 0 N–H and O–H groups in total. The number of aromatic nitrogens is 1. The van der Waals surface area contributed by atoms with Crippen molar-refractivity contribution >= 4 is 34.1 Å². The highest BCUT2D eigenvalue weighted by atomic mass is 32.2. The van der Waals surface area contributed by atoms with Crippen LogP contribution in [0.5, 0.6) is 0 Å². The Morgan fingerprint density at radius 1 is 1.08 bits per heavy atom. The van der Waals surface area contributed by atoms with Gasteiger partial charge in [0.2, 0.25) is 0 Å². The SMILES string of the molecule is Cc1ccc(-n2c(C)cc(C(=O)CSC(=S)N3CCCC3)c2C)cc1C. The van der Waals surface area contributed by atoms with E-state index < -0.39 is 0 Å². The summed E-state index contributed by atoms with van der Waals surface area (Å²) < 4.78 is 3.03. The van der Waals surface area contributed by atoms with Gasteiger partial charge in [-0.15, -0.1) is 0 Å². The fourth-order valence-corrected chi connectivity index (χ4v) is 4.64. The van der Waals surface area contributed by atoms with E-state index in [0.29, 0.717) is 5.75 Å². The largest absolute Gasteiger partial charge is 0.358 e. The van der Waals surface area contributed by atoms with Crippen molar-refractivity contribution in [3.05, 3.63) is 52.3 Å². The molecule has 0 bridgehead atoms. The molecule has 0 saturated carbocycles. The van der Waals surface area contributed by atoms with Gasteiger partial charge in [-0.25, -0.2) is 0 Å². The molecule has 0 aliphatic carbocycles. The minimum Gasteiger partial charge on any atom is -0.358 e. The smallest absolute Gasteiger partial charge is 0.174 e. The van der Waals surface area contributed by atoms with Crippen LogP contribution >= 0.6 is 24.0 Å². The summed E-state index contributed by atoms with van der Waals surface area (Å²) in [4.78, 5) is 15.0. The van der Waals surface area contributed by atoms with Gasteiger partial charge in [-0.1, -0.05) is 30.0 Å². The molecule has 0 unspecified atom stereocenters. The molecule has 1 aromatic heterocycles. The first-order valence-electron chi connectivity index (χ1n) is 9.10. The Labute approximate surface area is 165 Å². The minimum atomic E-state index is 0.153. The van der Waals surface area contributed by atoms with Gasteiger partial charge >= 0.3 is 0 Å². The van der Waals surface area contributed by atoms with E-state index in [1.165, 1.54) is 35.7 Å². The molecule has 2 heterocycles. The predicted octanol–water partition coefficient (Wildman–Crippen LogP) is 5.01. The summed E-state index contributed by atoms with van der Waals surface area (Å²) in [7, 11) is 0. The Morgan fingerprint density at radius 3 is 2.42 bits per heavy atom. The average molecular weight is 387 g/mol. The van der Waals surface area contributed by atoms with Crippen molar-refractivity contribution in [3.8, 4) is 5.69 Å². The number of aryl methyl sites for hydroxylation is 3. The second-order valence-electron chi connectivity index (χ2n) is 7.06. The third-order valence-electron chi connectivity index (χ3n) is 5.17. The molecule has 2 aromatic rings. The van der Waals surface area contributed by atoms with Crippen LogP contribution in [0, 0.1) is 27.7 Å². The van der Waals surface area contributed by atoms with E-state index in [0.717, 1.165) is 40.0 Å². The van der Waals surface area contributed by atoms with Crippen molar-refractivity contribution in [1.29, 1.82) is 0 Å². The summed E-state index contributed by atoms with van der Waals surface area (Å²) >= 11 is 6.98. The number of hydrogen-bond acceptors (Lipinski definition) is 3. The molecular weight excluding hydrogens is 360 g/mol. The van der Waals surface area contributed by atoms with E-state index in [9.17, 15) is 4.79 Å². The molecule has 26 heavy (non-hydrogen) atoms. The van der Waals surface area contributed by atoms with Crippen LogP contribution in [-0.2, 0) is 0 Å². The van der Waals surface area contributed by atoms with Crippen LogP contribution in [0.3, 0.4) is 0 Å². The molecule has 3 rings (SSSR count). The van der Waals surface area contributed by atoms with E-state index in [-0.39, 0.29) is 5.78 Å². The van der Waals surface area contributed by atoms with Crippen molar-refractivity contribution in [2.45, 2.75) is 40.5 Å². The Balaban J connectivity index is 1.77. The third kappa shape index (κ3) is 3.89. The number of thiocarbonyl (C=S) groups is 1. The lowest BCUT2D eigenvalue weighted by Crippen LogP contribution is -2.24. The van der Waals surface area contributed by atoms with E-state index in [1.54, 1.807) is 0 Å². The number of carbonyl (C=O) groups is 1. The molecule has 0 spiro atoms. The normalized spacial score (nSPS) is 14.1. The number of nitrogens with zero attached hydrogens (tertiary/aromatic N) is 2. The highest BCUT2D eigenvalue weighted by Gasteiger charge is 2.20. The van der Waals surface area contributed by atoms with Gasteiger partial charge in [0.25, 0.3) is 0 Å². The van der Waals surface area contributed by atoms with Gasteiger partial charge in [0, 0.05) is 35.7 Å². The molecule has 0 amide bonds. The fraction of sp³-hybridized carbons (Fsp3) is 0.429. The summed E-state index contributed by atoms with van der Waals surface area (Å²) in [5.74, 6) is 0.562. The second kappa shape index (κ2) is 7.97.